The molecular weight excluding hydrogens is 131 g/mol. The standard InChI is InChI=1S/3K.H3N.3H/h;;;1H3;;;/q3*+1;;3*-1. The van der Waals surface area contributed by atoms with Crippen molar-refractivity contribution in [1.82, 2.24) is 6.15 Å². The number of rotatable bonds is 0. The van der Waals surface area contributed by atoms with Crippen molar-refractivity contribution < 1.29 is 158 Å². The van der Waals surface area contributed by atoms with E-state index in [-0.39, 0.29) is 165 Å². The van der Waals surface area contributed by atoms with Gasteiger partial charge in [0.1, 0.15) is 0 Å². The maximum Gasteiger partial charge on any atom is 1.00 e. The van der Waals surface area contributed by atoms with Crippen LogP contribution in [0.3, 0.4) is 0 Å². The molecule has 0 rings (SSSR count). The van der Waals surface area contributed by atoms with E-state index in [9.17, 15) is 0 Å². The van der Waals surface area contributed by atoms with Crippen LogP contribution in [0.4, 0.5) is 0 Å². The molecule has 0 saturated carbocycles. The Kier molecular flexibility index (Phi) is 90.7. The van der Waals surface area contributed by atoms with Crippen molar-refractivity contribution in [1.29, 1.82) is 0 Å². The third-order valence-electron chi connectivity index (χ3n) is 0. The van der Waals surface area contributed by atoms with E-state index in [0.717, 1.165) is 0 Å². The average molecular weight is 137 g/mol. The average Bonchev–Trinajstić information content (AvgIpc) is 0. The summed E-state index contributed by atoms with van der Waals surface area (Å²) in [6, 6.07) is 0. The molecule has 0 unspecified atom stereocenters. The normalized spacial score (nSPS) is 0. The first kappa shape index (κ1) is 23.2. The minimum absolute atomic E-state index is 0. The molecule has 0 aliphatic carbocycles. The molecule has 0 aromatic rings. The molecule has 4 heteroatoms. The molecule has 0 spiro atoms. The van der Waals surface area contributed by atoms with Gasteiger partial charge in [0.15, 0.2) is 0 Å². The van der Waals surface area contributed by atoms with E-state index in [4.69, 9.17) is 0 Å². The van der Waals surface area contributed by atoms with Gasteiger partial charge in [-0.3, -0.25) is 0 Å². The van der Waals surface area contributed by atoms with Gasteiger partial charge in [0, 0.05) is 0 Å². The Hall–Kier alpha value is 4.87. The quantitative estimate of drug-likeness (QED) is 0.331. The van der Waals surface area contributed by atoms with Gasteiger partial charge >= 0.3 is 154 Å². The summed E-state index contributed by atoms with van der Waals surface area (Å²) >= 11 is 0. The molecule has 0 aliphatic heterocycles. The second-order valence-corrected chi connectivity index (χ2v) is 0. The van der Waals surface area contributed by atoms with E-state index in [1.54, 1.807) is 0 Å². The predicted molar refractivity (Wildman–Crippen MR) is 8.36 cm³/mol. The maximum atomic E-state index is 0. The van der Waals surface area contributed by atoms with Gasteiger partial charge in [0.2, 0.25) is 0 Å². The topological polar surface area (TPSA) is 35.0 Å². The van der Waals surface area contributed by atoms with Gasteiger partial charge in [-0.2, -0.15) is 0 Å². The summed E-state index contributed by atoms with van der Waals surface area (Å²) in [7, 11) is 0. The van der Waals surface area contributed by atoms with Crippen LogP contribution >= 0.6 is 0 Å². The van der Waals surface area contributed by atoms with Gasteiger partial charge in [0.25, 0.3) is 0 Å². The summed E-state index contributed by atoms with van der Waals surface area (Å²) in [5, 5.41) is 0. The van der Waals surface area contributed by atoms with Gasteiger partial charge < -0.3 is 10.4 Å². The fourth-order valence-corrected chi connectivity index (χ4v) is 0. The predicted octanol–water partition coefficient (Wildman–Crippen LogP) is -8.49. The van der Waals surface area contributed by atoms with Gasteiger partial charge in [-0.15, -0.1) is 0 Å². The van der Waals surface area contributed by atoms with Gasteiger partial charge in [-0.25, -0.2) is 0 Å². The molecule has 0 heterocycles. The molecule has 1 nitrogen and oxygen atoms in total. The van der Waals surface area contributed by atoms with Crippen molar-refractivity contribution in [2.45, 2.75) is 0 Å². The fourth-order valence-electron chi connectivity index (χ4n) is 0. The molecule has 0 fully saturated rings. The van der Waals surface area contributed by atoms with Crippen LogP contribution in [0.2, 0.25) is 0 Å². The molecule has 0 radical (unpaired) electrons. The van der Waals surface area contributed by atoms with Crippen molar-refractivity contribution in [3.05, 3.63) is 0 Å². The van der Waals surface area contributed by atoms with Crippen molar-refractivity contribution in [2.75, 3.05) is 0 Å². The van der Waals surface area contributed by atoms with E-state index in [0.29, 0.717) is 0 Å². The minimum atomic E-state index is 0. The summed E-state index contributed by atoms with van der Waals surface area (Å²) in [5.74, 6) is 0. The van der Waals surface area contributed by atoms with Crippen LogP contribution in [0.15, 0.2) is 0 Å². The fraction of sp³-hybridized carbons (Fsp3) is 0. The summed E-state index contributed by atoms with van der Waals surface area (Å²) in [6.45, 7) is 0. The molecule has 0 bridgehead atoms. The number of hydrogen-bond donors (Lipinski definition) is 1. The van der Waals surface area contributed by atoms with Crippen LogP contribution in [-0.2, 0) is 0 Å². The SMILES string of the molecule is N.[H-].[H-].[H-].[K+].[K+].[K+]. The molecule has 4 heavy (non-hydrogen) atoms. The molecule has 0 atom stereocenters. The second-order valence-electron chi connectivity index (χ2n) is 0. The Morgan fingerprint density at radius 1 is 0.750 bits per heavy atom. The van der Waals surface area contributed by atoms with Crippen molar-refractivity contribution in [3.63, 3.8) is 0 Å². The van der Waals surface area contributed by atoms with Crippen LogP contribution in [0.1, 0.15) is 4.28 Å². The Morgan fingerprint density at radius 3 is 0.750 bits per heavy atom. The zero-order valence-corrected chi connectivity index (χ0v) is 13.1. The first-order valence-corrected chi connectivity index (χ1v) is 0. The molecule has 0 aliphatic rings. The van der Waals surface area contributed by atoms with E-state index in [1.807, 2.05) is 0 Å². The molecule has 14 valence electrons. The molecule has 3 N–H and O–H groups in total. The van der Waals surface area contributed by atoms with Crippen LogP contribution < -0.4 is 160 Å². The summed E-state index contributed by atoms with van der Waals surface area (Å²) < 4.78 is 0. The van der Waals surface area contributed by atoms with Gasteiger partial charge in [-0.1, -0.05) is 0 Å². The zero-order valence-electron chi connectivity index (χ0n) is 6.71. The first-order valence-electron chi connectivity index (χ1n) is 0. The van der Waals surface area contributed by atoms with Gasteiger partial charge in [-0.05, 0) is 0 Å². The Balaban J connectivity index is 0. The van der Waals surface area contributed by atoms with E-state index in [1.165, 1.54) is 0 Å². The molecule has 0 amide bonds. The van der Waals surface area contributed by atoms with Crippen LogP contribution in [-0.4, -0.2) is 0 Å². The van der Waals surface area contributed by atoms with Crippen molar-refractivity contribution >= 4 is 0 Å². The Bertz CT molecular complexity index is 10.1. The van der Waals surface area contributed by atoms with Crippen molar-refractivity contribution in [2.24, 2.45) is 0 Å². The maximum absolute atomic E-state index is 0. The third-order valence-corrected chi connectivity index (χ3v) is 0. The summed E-state index contributed by atoms with van der Waals surface area (Å²) in [6.07, 6.45) is 0. The monoisotopic (exact) mass is 137 g/mol. The largest absolute Gasteiger partial charge is 1.00 e. The van der Waals surface area contributed by atoms with Gasteiger partial charge in [0.05, 0.1) is 0 Å². The molecule has 0 saturated heterocycles. The first-order chi connectivity index (χ1) is 0. The number of hydrogen-bond acceptors (Lipinski definition) is 1. The summed E-state index contributed by atoms with van der Waals surface area (Å²) in [4.78, 5) is 0. The molecule has 0 aromatic carbocycles. The smallest absolute Gasteiger partial charge is 1.00 e. The zero-order chi connectivity index (χ0) is 0. The molecule has 0 aromatic heterocycles. The Morgan fingerprint density at radius 2 is 0.750 bits per heavy atom. The van der Waals surface area contributed by atoms with E-state index >= 15 is 0 Å². The van der Waals surface area contributed by atoms with Crippen molar-refractivity contribution in [3.8, 4) is 0 Å². The van der Waals surface area contributed by atoms with Crippen LogP contribution in [0.25, 0.3) is 0 Å². The van der Waals surface area contributed by atoms with E-state index < -0.39 is 0 Å². The van der Waals surface area contributed by atoms with E-state index in [2.05, 4.69) is 0 Å². The Labute approximate surface area is 159 Å². The second kappa shape index (κ2) is 15.7. The molecular formula is H6K3N. The third kappa shape index (κ3) is 9.98. The minimum Gasteiger partial charge on any atom is -1.00 e. The summed E-state index contributed by atoms with van der Waals surface area (Å²) in [5.41, 5.74) is 0. The van der Waals surface area contributed by atoms with Crippen LogP contribution in [0, 0.1) is 0 Å². The van der Waals surface area contributed by atoms with Crippen LogP contribution in [0.5, 0.6) is 0 Å².